The number of amides is 1. The van der Waals surface area contributed by atoms with E-state index in [1.54, 1.807) is 0 Å². The van der Waals surface area contributed by atoms with E-state index in [1.165, 1.54) is 17.3 Å². The third-order valence-electron chi connectivity index (χ3n) is 4.62. The zero-order valence-electron chi connectivity index (χ0n) is 16.9. The average Bonchev–Trinajstić information content (AvgIpc) is 3.12. The van der Waals surface area contributed by atoms with Crippen LogP contribution in [0.1, 0.15) is 43.4 Å². The second-order valence-corrected chi connectivity index (χ2v) is 8.58. The minimum absolute atomic E-state index is 0.0529. The lowest BCUT2D eigenvalue weighted by atomic mass is 9.98. The highest BCUT2D eigenvalue weighted by Gasteiger charge is 2.20. The molecule has 3 aromatic rings. The van der Waals surface area contributed by atoms with Crippen LogP contribution in [0.25, 0.3) is 11.4 Å². The highest BCUT2D eigenvalue weighted by molar-refractivity contribution is 8.00. The maximum atomic E-state index is 12.8. The lowest BCUT2D eigenvalue weighted by Gasteiger charge is -2.18. The van der Waals surface area contributed by atoms with Gasteiger partial charge in [0.1, 0.15) is 0 Å². The standard InChI is InChI=1S/C22H26N4OS/c1-13(2)18-8-6-7-15(4)19(18)23-21(27)16(5)28-22-24-20(25-26-22)17-11-9-14(3)10-12-17/h6-13,16H,1-5H3,(H,23,27)(H,24,25,26). The summed E-state index contributed by atoms with van der Waals surface area (Å²) in [6.45, 7) is 10.2. The van der Waals surface area contributed by atoms with Gasteiger partial charge < -0.3 is 5.32 Å². The summed E-state index contributed by atoms with van der Waals surface area (Å²) in [5.74, 6) is 0.988. The van der Waals surface area contributed by atoms with Crippen LogP contribution < -0.4 is 5.32 Å². The lowest BCUT2D eigenvalue weighted by molar-refractivity contribution is -0.115. The normalized spacial score (nSPS) is 12.2. The van der Waals surface area contributed by atoms with Crippen molar-refractivity contribution in [1.82, 2.24) is 15.2 Å². The first-order valence-corrected chi connectivity index (χ1v) is 10.3. The van der Waals surface area contributed by atoms with Gasteiger partial charge in [-0.05, 0) is 37.8 Å². The first-order chi connectivity index (χ1) is 13.3. The largest absolute Gasteiger partial charge is 0.325 e. The molecular weight excluding hydrogens is 368 g/mol. The van der Waals surface area contributed by atoms with Gasteiger partial charge in [0.15, 0.2) is 5.82 Å². The van der Waals surface area contributed by atoms with E-state index in [1.807, 2.05) is 57.2 Å². The van der Waals surface area contributed by atoms with E-state index in [4.69, 9.17) is 0 Å². The summed E-state index contributed by atoms with van der Waals surface area (Å²) in [4.78, 5) is 17.3. The van der Waals surface area contributed by atoms with Crippen LogP contribution in [-0.2, 0) is 4.79 Å². The molecule has 146 valence electrons. The molecular formula is C22H26N4OS. The predicted octanol–water partition coefficient (Wildman–Crippen LogP) is 5.33. The summed E-state index contributed by atoms with van der Waals surface area (Å²) in [7, 11) is 0. The summed E-state index contributed by atoms with van der Waals surface area (Å²) in [6.07, 6.45) is 0. The van der Waals surface area contributed by atoms with Gasteiger partial charge in [-0.15, -0.1) is 5.10 Å². The minimum Gasteiger partial charge on any atom is -0.325 e. The number of para-hydroxylation sites is 1. The predicted molar refractivity (Wildman–Crippen MR) is 116 cm³/mol. The molecule has 1 heterocycles. The molecule has 1 atom stereocenters. The molecule has 2 N–H and O–H groups in total. The first-order valence-electron chi connectivity index (χ1n) is 9.41. The van der Waals surface area contributed by atoms with Crippen molar-refractivity contribution >= 4 is 23.4 Å². The fraction of sp³-hybridized carbons (Fsp3) is 0.318. The smallest absolute Gasteiger partial charge is 0.237 e. The van der Waals surface area contributed by atoms with Gasteiger partial charge in [-0.2, -0.15) is 0 Å². The van der Waals surface area contributed by atoms with Gasteiger partial charge in [-0.1, -0.05) is 73.6 Å². The Kier molecular flexibility index (Phi) is 6.19. The van der Waals surface area contributed by atoms with E-state index < -0.39 is 0 Å². The molecule has 6 heteroatoms. The fourth-order valence-electron chi connectivity index (χ4n) is 2.92. The van der Waals surface area contributed by atoms with Gasteiger partial charge in [0.05, 0.1) is 5.25 Å². The number of aryl methyl sites for hydroxylation is 2. The Morgan fingerprint density at radius 2 is 1.79 bits per heavy atom. The van der Waals surface area contributed by atoms with Crippen molar-refractivity contribution < 1.29 is 4.79 Å². The quantitative estimate of drug-likeness (QED) is 0.554. The highest BCUT2D eigenvalue weighted by atomic mass is 32.2. The van der Waals surface area contributed by atoms with Gasteiger partial charge in [0.25, 0.3) is 0 Å². The molecule has 0 fully saturated rings. The monoisotopic (exact) mass is 394 g/mol. The number of carbonyl (C=O) groups is 1. The number of H-pyrrole nitrogens is 1. The fourth-order valence-corrected chi connectivity index (χ4v) is 3.64. The van der Waals surface area contributed by atoms with E-state index in [0.29, 0.717) is 16.9 Å². The second kappa shape index (κ2) is 8.61. The number of anilines is 1. The molecule has 1 amide bonds. The number of aromatic nitrogens is 3. The van der Waals surface area contributed by atoms with Crippen molar-refractivity contribution in [2.75, 3.05) is 5.32 Å². The van der Waals surface area contributed by atoms with E-state index in [2.05, 4.69) is 40.4 Å². The van der Waals surface area contributed by atoms with Gasteiger partial charge in [0, 0.05) is 11.3 Å². The van der Waals surface area contributed by atoms with Gasteiger partial charge in [-0.3, -0.25) is 9.89 Å². The van der Waals surface area contributed by atoms with E-state index in [0.717, 1.165) is 22.4 Å². The molecule has 3 rings (SSSR count). The van der Waals surface area contributed by atoms with Crippen molar-refractivity contribution in [2.45, 2.75) is 50.9 Å². The SMILES string of the molecule is Cc1ccc(-c2nc(SC(C)C(=O)Nc3c(C)cccc3C(C)C)n[nH]2)cc1. The molecule has 0 aliphatic rings. The molecule has 5 nitrogen and oxygen atoms in total. The maximum absolute atomic E-state index is 12.8. The Morgan fingerprint density at radius 1 is 1.07 bits per heavy atom. The number of thioether (sulfide) groups is 1. The summed E-state index contributed by atoms with van der Waals surface area (Å²) in [5.41, 5.74) is 5.29. The lowest BCUT2D eigenvalue weighted by Crippen LogP contribution is -2.24. The molecule has 0 spiro atoms. The van der Waals surface area contributed by atoms with E-state index >= 15 is 0 Å². The number of nitrogens with zero attached hydrogens (tertiary/aromatic N) is 2. The Labute approximate surface area is 170 Å². The van der Waals surface area contributed by atoms with Crippen molar-refractivity contribution in [3.8, 4) is 11.4 Å². The number of nitrogens with one attached hydrogen (secondary N) is 2. The second-order valence-electron chi connectivity index (χ2n) is 7.28. The van der Waals surface area contributed by atoms with Crippen molar-refractivity contribution in [2.24, 2.45) is 0 Å². The van der Waals surface area contributed by atoms with E-state index in [9.17, 15) is 4.79 Å². The summed E-state index contributed by atoms with van der Waals surface area (Å²) in [5, 5.41) is 10.6. The molecule has 2 aromatic carbocycles. The van der Waals surface area contributed by atoms with Crippen LogP contribution in [0.2, 0.25) is 0 Å². The number of benzene rings is 2. The van der Waals surface area contributed by atoms with Gasteiger partial charge in [-0.25, -0.2) is 4.98 Å². The summed E-state index contributed by atoms with van der Waals surface area (Å²) >= 11 is 1.34. The van der Waals surface area contributed by atoms with Crippen LogP contribution in [0.15, 0.2) is 47.6 Å². The zero-order valence-corrected chi connectivity index (χ0v) is 17.7. The van der Waals surface area contributed by atoms with Crippen molar-refractivity contribution in [1.29, 1.82) is 0 Å². The zero-order chi connectivity index (χ0) is 20.3. The minimum atomic E-state index is -0.318. The number of rotatable bonds is 6. The number of aromatic amines is 1. The number of carbonyl (C=O) groups excluding carboxylic acids is 1. The summed E-state index contributed by atoms with van der Waals surface area (Å²) < 4.78 is 0. The molecule has 0 aliphatic carbocycles. The topological polar surface area (TPSA) is 70.7 Å². The average molecular weight is 395 g/mol. The van der Waals surface area contributed by atoms with E-state index in [-0.39, 0.29) is 11.2 Å². The van der Waals surface area contributed by atoms with Crippen LogP contribution >= 0.6 is 11.8 Å². The van der Waals surface area contributed by atoms with Crippen LogP contribution in [-0.4, -0.2) is 26.3 Å². The van der Waals surface area contributed by atoms with Crippen LogP contribution in [0, 0.1) is 13.8 Å². The van der Waals surface area contributed by atoms with Crippen molar-refractivity contribution in [3.63, 3.8) is 0 Å². The maximum Gasteiger partial charge on any atom is 0.237 e. The summed E-state index contributed by atoms with van der Waals surface area (Å²) in [6, 6.07) is 14.2. The van der Waals surface area contributed by atoms with Crippen LogP contribution in [0.4, 0.5) is 5.69 Å². The molecule has 0 aliphatic heterocycles. The Hall–Kier alpha value is -2.60. The third-order valence-corrected chi connectivity index (χ3v) is 5.58. The molecule has 28 heavy (non-hydrogen) atoms. The van der Waals surface area contributed by atoms with Crippen LogP contribution in [0.3, 0.4) is 0 Å². The Balaban J connectivity index is 1.69. The molecule has 1 unspecified atom stereocenters. The highest BCUT2D eigenvalue weighted by Crippen LogP contribution is 2.29. The molecule has 0 saturated heterocycles. The number of hydrogen-bond acceptors (Lipinski definition) is 4. The van der Waals surface area contributed by atoms with Gasteiger partial charge in [0.2, 0.25) is 11.1 Å². The number of hydrogen-bond donors (Lipinski definition) is 2. The molecule has 0 radical (unpaired) electrons. The Morgan fingerprint density at radius 3 is 2.46 bits per heavy atom. The molecule has 1 aromatic heterocycles. The van der Waals surface area contributed by atoms with Crippen LogP contribution in [0.5, 0.6) is 0 Å². The third kappa shape index (κ3) is 4.62. The van der Waals surface area contributed by atoms with Crippen molar-refractivity contribution in [3.05, 3.63) is 59.2 Å². The Bertz CT molecular complexity index is 963. The first kappa shape index (κ1) is 20.1. The molecule has 0 saturated carbocycles. The molecule has 0 bridgehead atoms. The van der Waals surface area contributed by atoms with Gasteiger partial charge >= 0.3 is 0 Å².